The van der Waals surface area contributed by atoms with Crippen LogP contribution in [0.4, 0.5) is 11.5 Å². The molecule has 1 heterocycles. The van der Waals surface area contributed by atoms with E-state index in [0.717, 1.165) is 0 Å². The van der Waals surface area contributed by atoms with Crippen molar-refractivity contribution in [3.05, 3.63) is 27.9 Å². The smallest absolute Gasteiger partial charge is 0.290 e. The summed E-state index contributed by atoms with van der Waals surface area (Å²) in [5.41, 5.74) is 0.485. The Morgan fingerprint density at radius 2 is 2.11 bits per heavy atom. The fourth-order valence-corrected chi connectivity index (χ4v) is 1.69. The number of hydrogen-bond donors (Lipinski definition) is 1. The second-order valence-corrected chi connectivity index (χ2v) is 4.03. The van der Waals surface area contributed by atoms with Gasteiger partial charge in [-0.25, -0.2) is 4.98 Å². The summed E-state index contributed by atoms with van der Waals surface area (Å²) in [6.45, 7) is 6.90. The van der Waals surface area contributed by atoms with Gasteiger partial charge in [0.25, 0.3) is 5.69 Å². The second-order valence-electron chi connectivity index (χ2n) is 4.03. The number of hydrogen-bond acceptors (Lipinski definition) is 5. The number of anilines is 1. The lowest BCUT2D eigenvalue weighted by Crippen LogP contribution is -2.35. The van der Waals surface area contributed by atoms with E-state index in [1.807, 2.05) is 13.8 Å². The van der Waals surface area contributed by atoms with Gasteiger partial charge < -0.3 is 10.2 Å². The van der Waals surface area contributed by atoms with E-state index < -0.39 is 4.92 Å². The van der Waals surface area contributed by atoms with Crippen LogP contribution in [0.3, 0.4) is 0 Å². The van der Waals surface area contributed by atoms with Crippen LogP contribution in [0.5, 0.6) is 0 Å². The van der Waals surface area contributed by atoms with E-state index >= 15 is 0 Å². The van der Waals surface area contributed by atoms with Crippen LogP contribution in [0.2, 0.25) is 0 Å². The number of nitrogens with zero attached hydrogens (tertiary/aromatic N) is 3. The van der Waals surface area contributed by atoms with Gasteiger partial charge >= 0.3 is 0 Å². The molecule has 104 valence electrons. The number of nitro groups is 1. The van der Waals surface area contributed by atoms with E-state index in [1.54, 1.807) is 17.9 Å². The number of nitrogens with one attached hydrogen (secondary N) is 1. The summed E-state index contributed by atoms with van der Waals surface area (Å²) in [6, 6.07) is 1.56. The summed E-state index contributed by atoms with van der Waals surface area (Å²) in [5, 5.41) is 13.5. The SMILES string of the molecule is CCN(CC)C(=O)CNc1cc(C)c([N+](=O)[O-])cn1. The summed E-state index contributed by atoms with van der Waals surface area (Å²) >= 11 is 0. The maximum absolute atomic E-state index is 11.8. The summed E-state index contributed by atoms with van der Waals surface area (Å²) in [7, 11) is 0. The predicted molar refractivity (Wildman–Crippen MR) is 72.0 cm³/mol. The Morgan fingerprint density at radius 3 is 2.58 bits per heavy atom. The van der Waals surface area contributed by atoms with E-state index in [9.17, 15) is 14.9 Å². The Morgan fingerprint density at radius 1 is 1.47 bits per heavy atom. The van der Waals surface area contributed by atoms with Crippen LogP contribution in [-0.4, -0.2) is 40.3 Å². The Balaban J connectivity index is 2.66. The molecule has 0 aliphatic rings. The molecule has 7 nitrogen and oxygen atoms in total. The van der Waals surface area contributed by atoms with E-state index in [-0.39, 0.29) is 18.1 Å². The molecule has 1 amide bonds. The Hall–Kier alpha value is -2.18. The van der Waals surface area contributed by atoms with Gasteiger partial charge in [-0.05, 0) is 26.8 Å². The average molecular weight is 266 g/mol. The van der Waals surface area contributed by atoms with Crippen molar-refractivity contribution in [3.8, 4) is 0 Å². The minimum Gasteiger partial charge on any atom is -0.361 e. The summed E-state index contributed by atoms with van der Waals surface area (Å²) in [5.74, 6) is 0.436. The molecule has 7 heteroatoms. The van der Waals surface area contributed by atoms with Crippen molar-refractivity contribution in [1.29, 1.82) is 0 Å². The molecular formula is C12H18N4O3. The number of carbonyl (C=O) groups is 1. The predicted octanol–water partition coefficient (Wildman–Crippen LogP) is 1.58. The number of rotatable bonds is 6. The Labute approximate surface area is 111 Å². The van der Waals surface area contributed by atoms with Crippen LogP contribution in [0.1, 0.15) is 19.4 Å². The van der Waals surface area contributed by atoms with Gasteiger partial charge in [0.05, 0.1) is 11.5 Å². The minimum absolute atomic E-state index is 0.0252. The molecule has 0 unspecified atom stereocenters. The zero-order valence-electron chi connectivity index (χ0n) is 11.3. The maximum atomic E-state index is 11.8. The van der Waals surface area contributed by atoms with Crippen molar-refractivity contribution >= 4 is 17.4 Å². The van der Waals surface area contributed by atoms with Crippen molar-refractivity contribution in [1.82, 2.24) is 9.88 Å². The lowest BCUT2D eigenvalue weighted by molar-refractivity contribution is -0.385. The van der Waals surface area contributed by atoms with Gasteiger partial charge in [0.2, 0.25) is 5.91 Å². The third-order valence-electron chi connectivity index (χ3n) is 2.82. The molecule has 0 aliphatic carbocycles. The van der Waals surface area contributed by atoms with Crippen LogP contribution in [-0.2, 0) is 4.79 Å². The van der Waals surface area contributed by atoms with Crippen molar-refractivity contribution < 1.29 is 9.72 Å². The first-order chi connectivity index (χ1) is 8.99. The van der Waals surface area contributed by atoms with Crippen LogP contribution >= 0.6 is 0 Å². The van der Waals surface area contributed by atoms with Crippen molar-refractivity contribution in [3.63, 3.8) is 0 Å². The molecule has 1 aromatic rings. The molecule has 1 aromatic heterocycles. The summed E-state index contributed by atoms with van der Waals surface area (Å²) in [4.78, 5) is 27.6. The van der Waals surface area contributed by atoms with Gasteiger partial charge in [-0.15, -0.1) is 0 Å². The molecule has 0 bridgehead atoms. The van der Waals surface area contributed by atoms with Crippen LogP contribution in [0.25, 0.3) is 0 Å². The molecule has 0 aliphatic heterocycles. The maximum Gasteiger partial charge on any atom is 0.290 e. The standard InChI is InChI=1S/C12H18N4O3/c1-4-15(5-2)12(17)8-14-11-6-9(3)10(7-13-11)16(18)19/h6-7H,4-5,8H2,1-3H3,(H,13,14). The highest BCUT2D eigenvalue weighted by Crippen LogP contribution is 2.18. The number of aromatic nitrogens is 1. The first-order valence-electron chi connectivity index (χ1n) is 6.12. The lowest BCUT2D eigenvalue weighted by Gasteiger charge is -2.18. The highest BCUT2D eigenvalue weighted by atomic mass is 16.6. The van der Waals surface area contributed by atoms with Crippen LogP contribution in [0, 0.1) is 17.0 Å². The molecule has 0 aromatic carbocycles. The first kappa shape index (κ1) is 14.9. The molecule has 0 spiro atoms. The molecule has 1 N–H and O–H groups in total. The third kappa shape index (κ3) is 3.90. The fourth-order valence-electron chi connectivity index (χ4n) is 1.69. The van der Waals surface area contributed by atoms with Crippen LogP contribution < -0.4 is 5.32 Å². The molecule has 19 heavy (non-hydrogen) atoms. The second kappa shape index (κ2) is 6.67. The Kier molecular flexibility index (Phi) is 5.23. The number of carbonyl (C=O) groups excluding carboxylic acids is 1. The quantitative estimate of drug-likeness (QED) is 0.623. The number of amides is 1. The molecule has 0 atom stereocenters. The van der Waals surface area contributed by atoms with E-state index in [1.165, 1.54) is 6.20 Å². The molecule has 0 saturated heterocycles. The third-order valence-corrected chi connectivity index (χ3v) is 2.82. The topological polar surface area (TPSA) is 88.4 Å². The van der Waals surface area contributed by atoms with E-state index in [0.29, 0.717) is 24.5 Å². The number of likely N-dealkylation sites (N-methyl/N-ethyl adjacent to an activating group) is 1. The zero-order chi connectivity index (χ0) is 14.4. The largest absolute Gasteiger partial charge is 0.361 e. The van der Waals surface area contributed by atoms with E-state index in [4.69, 9.17) is 0 Å². The number of pyridine rings is 1. The lowest BCUT2D eigenvalue weighted by atomic mass is 10.2. The van der Waals surface area contributed by atoms with E-state index in [2.05, 4.69) is 10.3 Å². The molecule has 0 saturated carbocycles. The minimum atomic E-state index is -0.479. The first-order valence-corrected chi connectivity index (χ1v) is 6.12. The van der Waals surface area contributed by atoms with Gasteiger partial charge in [-0.2, -0.15) is 0 Å². The summed E-state index contributed by atoms with van der Waals surface area (Å²) in [6.07, 6.45) is 1.19. The molecule has 0 radical (unpaired) electrons. The normalized spacial score (nSPS) is 10.1. The van der Waals surface area contributed by atoms with Gasteiger partial charge in [0.15, 0.2) is 0 Å². The molecular weight excluding hydrogens is 248 g/mol. The van der Waals surface area contributed by atoms with Gasteiger partial charge in [-0.1, -0.05) is 0 Å². The van der Waals surface area contributed by atoms with Crippen molar-refractivity contribution in [2.45, 2.75) is 20.8 Å². The van der Waals surface area contributed by atoms with Gasteiger partial charge in [-0.3, -0.25) is 14.9 Å². The van der Waals surface area contributed by atoms with Crippen LogP contribution in [0.15, 0.2) is 12.3 Å². The molecule has 0 fully saturated rings. The van der Waals surface area contributed by atoms with Crippen molar-refractivity contribution in [2.75, 3.05) is 25.0 Å². The monoisotopic (exact) mass is 266 g/mol. The highest BCUT2D eigenvalue weighted by Gasteiger charge is 2.13. The average Bonchev–Trinajstić information content (AvgIpc) is 2.37. The summed E-state index contributed by atoms with van der Waals surface area (Å²) < 4.78 is 0. The fraction of sp³-hybridized carbons (Fsp3) is 0.500. The molecule has 1 rings (SSSR count). The number of aryl methyl sites for hydroxylation is 1. The van der Waals surface area contributed by atoms with Gasteiger partial charge in [0.1, 0.15) is 12.0 Å². The Bertz CT molecular complexity index is 472. The van der Waals surface area contributed by atoms with Gasteiger partial charge in [0, 0.05) is 18.7 Å². The van der Waals surface area contributed by atoms with Crippen molar-refractivity contribution in [2.24, 2.45) is 0 Å². The highest BCUT2D eigenvalue weighted by molar-refractivity contribution is 5.80. The zero-order valence-corrected chi connectivity index (χ0v) is 11.3.